The summed E-state index contributed by atoms with van der Waals surface area (Å²) in [5, 5.41) is 26.9. The van der Waals surface area contributed by atoms with Crippen molar-refractivity contribution in [3.05, 3.63) is 40.0 Å². The van der Waals surface area contributed by atoms with Gasteiger partial charge in [-0.05, 0) is 38.0 Å². The molecule has 2 heterocycles. The van der Waals surface area contributed by atoms with E-state index in [0.717, 1.165) is 24.2 Å². The Bertz CT molecular complexity index is 893. The average molecular weight is 405 g/mol. The van der Waals surface area contributed by atoms with Gasteiger partial charge in [0, 0.05) is 35.9 Å². The summed E-state index contributed by atoms with van der Waals surface area (Å²) in [5.41, 5.74) is 1.63. The van der Waals surface area contributed by atoms with Gasteiger partial charge in [0.25, 0.3) is 0 Å². The SMILES string of the molecule is CCOC(=O)c1noc(NCCN2CCCC(O)c3cc(Cl)ccc32)c1C#N. The number of fused-ring (bicyclic) bond motifs is 1. The Morgan fingerprint density at radius 1 is 1.57 bits per heavy atom. The number of ether oxygens (including phenoxy) is 1. The molecule has 0 spiro atoms. The van der Waals surface area contributed by atoms with Crippen molar-refractivity contribution in [3.63, 3.8) is 0 Å². The molecule has 1 aromatic carbocycles. The van der Waals surface area contributed by atoms with Gasteiger partial charge in [-0.3, -0.25) is 0 Å². The van der Waals surface area contributed by atoms with Crippen LogP contribution in [-0.2, 0) is 4.74 Å². The van der Waals surface area contributed by atoms with Crippen molar-refractivity contribution in [2.45, 2.75) is 25.9 Å². The zero-order chi connectivity index (χ0) is 20.1. The first-order valence-corrected chi connectivity index (χ1v) is 9.46. The highest BCUT2D eigenvalue weighted by molar-refractivity contribution is 6.30. The van der Waals surface area contributed by atoms with Crippen LogP contribution in [0, 0.1) is 11.3 Å². The van der Waals surface area contributed by atoms with Gasteiger partial charge in [0.05, 0.1) is 12.7 Å². The van der Waals surface area contributed by atoms with Crippen molar-refractivity contribution < 1.29 is 19.2 Å². The van der Waals surface area contributed by atoms with Gasteiger partial charge in [-0.2, -0.15) is 5.26 Å². The third-order valence-corrected chi connectivity index (χ3v) is 4.77. The van der Waals surface area contributed by atoms with E-state index in [1.54, 1.807) is 19.1 Å². The third-order valence-electron chi connectivity index (χ3n) is 4.53. The maximum atomic E-state index is 11.8. The smallest absolute Gasteiger partial charge is 0.362 e. The van der Waals surface area contributed by atoms with E-state index in [2.05, 4.69) is 15.4 Å². The number of rotatable bonds is 6. The second kappa shape index (κ2) is 8.95. The van der Waals surface area contributed by atoms with Crippen LogP contribution in [0.2, 0.25) is 5.02 Å². The van der Waals surface area contributed by atoms with Crippen LogP contribution in [0.4, 0.5) is 11.6 Å². The molecular formula is C19H21ClN4O4. The molecule has 1 aromatic heterocycles. The summed E-state index contributed by atoms with van der Waals surface area (Å²) in [5.74, 6) is -0.556. The van der Waals surface area contributed by atoms with Gasteiger partial charge < -0.3 is 24.6 Å². The summed E-state index contributed by atoms with van der Waals surface area (Å²) in [6.45, 7) is 3.69. The van der Waals surface area contributed by atoms with Crippen molar-refractivity contribution in [2.24, 2.45) is 0 Å². The summed E-state index contributed by atoms with van der Waals surface area (Å²) < 4.78 is 9.98. The molecule has 28 heavy (non-hydrogen) atoms. The van der Waals surface area contributed by atoms with Gasteiger partial charge in [-0.25, -0.2) is 4.79 Å². The number of nitrogens with one attached hydrogen (secondary N) is 1. The molecule has 8 nitrogen and oxygen atoms in total. The van der Waals surface area contributed by atoms with Crippen LogP contribution in [0.25, 0.3) is 0 Å². The molecule has 0 bridgehead atoms. The summed E-state index contributed by atoms with van der Waals surface area (Å²) in [6.07, 6.45) is 0.964. The molecule has 0 saturated heterocycles. The Hall–Kier alpha value is -2.76. The topological polar surface area (TPSA) is 112 Å². The standard InChI is InChI=1S/C19H21ClN4O4/c1-2-27-19(26)17-14(11-21)18(28-23-17)22-7-9-24-8-3-4-16(25)13-10-12(20)5-6-15(13)24/h5-6,10,16,22,25H,2-4,7-9H2,1H3. The van der Waals surface area contributed by atoms with Crippen LogP contribution in [0.1, 0.15) is 47.5 Å². The largest absolute Gasteiger partial charge is 0.461 e. The number of nitriles is 1. The third kappa shape index (κ3) is 4.21. The first-order valence-electron chi connectivity index (χ1n) is 9.08. The molecule has 0 fully saturated rings. The molecule has 2 aromatic rings. The van der Waals surface area contributed by atoms with E-state index in [-0.39, 0.29) is 23.7 Å². The second-order valence-electron chi connectivity index (χ2n) is 6.34. The lowest BCUT2D eigenvalue weighted by Crippen LogP contribution is -2.30. The van der Waals surface area contributed by atoms with E-state index in [4.69, 9.17) is 20.9 Å². The van der Waals surface area contributed by atoms with Crippen LogP contribution < -0.4 is 10.2 Å². The quantitative estimate of drug-likeness (QED) is 0.706. The Morgan fingerprint density at radius 2 is 2.39 bits per heavy atom. The number of carbonyl (C=O) groups is 1. The summed E-state index contributed by atoms with van der Waals surface area (Å²) in [4.78, 5) is 14.0. The highest BCUT2D eigenvalue weighted by Crippen LogP contribution is 2.34. The fraction of sp³-hybridized carbons (Fsp3) is 0.421. The number of aliphatic hydroxyl groups excluding tert-OH is 1. The molecule has 1 unspecified atom stereocenters. The van der Waals surface area contributed by atoms with Gasteiger partial charge in [-0.15, -0.1) is 0 Å². The van der Waals surface area contributed by atoms with Crippen LogP contribution in [-0.4, -0.2) is 42.5 Å². The van der Waals surface area contributed by atoms with Gasteiger partial charge in [-0.1, -0.05) is 16.8 Å². The van der Waals surface area contributed by atoms with E-state index in [9.17, 15) is 15.2 Å². The lowest BCUT2D eigenvalue weighted by Gasteiger charge is -2.25. The zero-order valence-corrected chi connectivity index (χ0v) is 16.2. The Balaban J connectivity index is 1.70. The number of aromatic nitrogens is 1. The number of anilines is 2. The maximum Gasteiger partial charge on any atom is 0.362 e. The second-order valence-corrected chi connectivity index (χ2v) is 6.78. The Labute approximate surface area is 167 Å². The Morgan fingerprint density at radius 3 is 3.14 bits per heavy atom. The van der Waals surface area contributed by atoms with Crippen molar-refractivity contribution in [1.82, 2.24) is 5.16 Å². The fourth-order valence-electron chi connectivity index (χ4n) is 3.22. The van der Waals surface area contributed by atoms with Gasteiger partial charge in [0.2, 0.25) is 11.6 Å². The van der Waals surface area contributed by atoms with Gasteiger partial charge in [0.15, 0.2) is 5.56 Å². The Kier molecular flexibility index (Phi) is 6.39. The molecular weight excluding hydrogens is 384 g/mol. The number of hydrogen-bond donors (Lipinski definition) is 2. The first kappa shape index (κ1) is 20.0. The predicted octanol–water partition coefficient (Wildman–Crippen LogP) is 3.12. The van der Waals surface area contributed by atoms with E-state index < -0.39 is 12.1 Å². The van der Waals surface area contributed by atoms with Gasteiger partial charge >= 0.3 is 5.97 Å². The molecule has 9 heteroatoms. The molecule has 148 valence electrons. The van der Waals surface area contributed by atoms with Crippen LogP contribution in [0.5, 0.6) is 0 Å². The lowest BCUT2D eigenvalue weighted by molar-refractivity contribution is 0.0514. The van der Waals surface area contributed by atoms with Crippen molar-refractivity contribution in [1.29, 1.82) is 5.26 Å². The number of nitrogens with zero attached hydrogens (tertiary/aromatic N) is 3. The number of hydrogen-bond acceptors (Lipinski definition) is 8. The van der Waals surface area contributed by atoms with Crippen LogP contribution in [0.15, 0.2) is 22.7 Å². The number of aliphatic hydroxyl groups is 1. The summed E-state index contributed by atoms with van der Waals surface area (Å²) >= 11 is 6.08. The minimum Gasteiger partial charge on any atom is -0.461 e. The van der Waals surface area contributed by atoms with Crippen molar-refractivity contribution >= 4 is 29.1 Å². The highest BCUT2D eigenvalue weighted by atomic mass is 35.5. The molecule has 0 radical (unpaired) electrons. The average Bonchev–Trinajstić information content (AvgIpc) is 3.03. The first-order chi connectivity index (χ1) is 13.5. The highest BCUT2D eigenvalue weighted by Gasteiger charge is 2.24. The fourth-order valence-corrected chi connectivity index (χ4v) is 3.40. The molecule has 0 saturated carbocycles. The lowest BCUT2D eigenvalue weighted by atomic mass is 10.0. The number of benzene rings is 1. The maximum absolute atomic E-state index is 11.8. The zero-order valence-electron chi connectivity index (χ0n) is 15.4. The minimum atomic E-state index is -0.692. The molecule has 1 aliphatic rings. The molecule has 0 aliphatic carbocycles. The monoisotopic (exact) mass is 404 g/mol. The molecule has 1 aliphatic heterocycles. The normalized spacial score (nSPS) is 16.1. The number of halogens is 1. The molecule has 0 amide bonds. The van der Waals surface area contributed by atoms with Crippen LogP contribution >= 0.6 is 11.6 Å². The summed E-state index contributed by atoms with van der Waals surface area (Å²) in [6, 6.07) is 7.43. The van der Waals surface area contributed by atoms with Gasteiger partial charge in [0.1, 0.15) is 6.07 Å². The van der Waals surface area contributed by atoms with E-state index in [0.29, 0.717) is 24.5 Å². The van der Waals surface area contributed by atoms with E-state index in [1.165, 1.54) is 0 Å². The minimum absolute atomic E-state index is 0.0249. The summed E-state index contributed by atoms with van der Waals surface area (Å²) in [7, 11) is 0. The number of carbonyl (C=O) groups excluding carboxylic acids is 1. The number of esters is 1. The van der Waals surface area contributed by atoms with E-state index >= 15 is 0 Å². The van der Waals surface area contributed by atoms with E-state index in [1.807, 2.05) is 12.1 Å². The predicted molar refractivity (Wildman–Crippen MR) is 104 cm³/mol. The van der Waals surface area contributed by atoms with Crippen LogP contribution in [0.3, 0.4) is 0 Å². The van der Waals surface area contributed by atoms with Crippen molar-refractivity contribution in [2.75, 3.05) is 36.5 Å². The molecule has 1 atom stereocenters. The van der Waals surface area contributed by atoms with Crippen molar-refractivity contribution in [3.8, 4) is 6.07 Å². The molecule has 2 N–H and O–H groups in total. The molecule has 3 rings (SSSR count).